The Balaban J connectivity index is 1.53. The predicted molar refractivity (Wildman–Crippen MR) is 99.2 cm³/mol. The molecule has 1 saturated heterocycles. The molecule has 1 fully saturated rings. The van der Waals surface area contributed by atoms with E-state index in [4.69, 9.17) is 0 Å². The molecule has 1 aliphatic rings. The van der Waals surface area contributed by atoms with E-state index >= 15 is 0 Å². The van der Waals surface area contributed by atoms with Crippen molar-refractivity contribution in [2.45, 2.75) is 32.9 Å². The Labute approximate surface area is 154 Å². The van der Waals surface area contributed by atoms with E-state index in [9.17, 15) is 9.59 Å². The molecule has 0 spiro atoms. The number of carbonyl (C=O) groups is 2. The van der Waals surface area contributed by atoms with Crippen LogP contribution in [0.3, 0.4) is 0 Å². The van der Waals surface area contributed by atoms with Gasteiger partial charge in [0.2, 0.25) is 11.8 Å². The molecular formula is C20H26N4O2. The average Bonchev–Trinajstić information content (AvgIpc) is 3.22. The zero-order valence-electron chi connectivity index (χ0n) is 15.5. The molecule has 0 saturated carbocycles. The Morgan fingerprint density at radius 3 is 2.81 bits per heavy atom. The number of amides is 2. The van der Waals surface area contributed by atoms with Crippen LogP contribution in [0.5, 0.6) is 0 Å². The third-order valence-electron chi connectivity index (χ3n) is 4.93. The number of aryl methyl sites for hydroxylation is 1. The molecule has 1 atom stereocenters. The highest BCUT2D eigenvalue weighted by molar-refractivity contribution is 5.86. The zero-order valence-corrected chi connectivity index (χ0v) is 15.5. The predicted octanol–water partition coefficient (Wildman–Crippen LogP) is 1.95. The second-order valence-electron chi connectivity index (χ2n) is 6.91. The van der Waals surface area contributed by atoms with Crippen LogP contribution in [-0.4, -0.2) is 51.3 Å². The molecule has 138 valence electrons. The minimum absolute atomic E-state index is 0.0515. The van der Waals surface area contributed by atoms with Gasteiger partial charge >= 0.3 is 0 Å². The van der Waals surface area contributed by atoms with E-state index in [-0.39, 0.29) is 24.3 Å². The first kappa shape index (κ1) is 18.2. The molecule has 2 amide bonds. The number of nitrogens with zero attached hydrogens (tertiary/aromatic N) is 4. The lowest BCUT2D eigenvalue weighted by Gasteiger charge is -2.22. The van der Waals surface area contributed by atoms with E-state index in [0.29, 0.717) is 19.5 Å². The van der Waals surface area contributed by atoms with E-state index < -0.39 is 0 Å². The minimum Gasteiger partial charge on any atom is -0.337 e. The van der Waals surface area contributed by atoms with Crippen LogP contribution >= 0.6 is 0 Å². The summed E-state index contributed by atoms with van der Waals surface area (Å²) in [5.41, 5.74) is 1.24. The molecule has 1 aromatic carbocycles. The second kappa shape index (κ2) is 8.17. The first-order chi connectivity index (χ1) is 12.6. The maximum atomic E-state index is 12.5. The van der Waals surface area contributed by atoms with Gasteiger partial charge in [0.15, 0.2) is 0 Å². The van der Waals surface area contributed by atoms with Gasteiger partial charge in [0, 0.05) is 39.0 Å². The van der Waals surface area contributed by atoms with Gasteiger partial charge in [0.1, 0.15) is 5.82 Å². The van der Waals surface area contributed by atoms with E-state index in [1.54, 1.807) is 23.0 Å². The SMILES string of the molecule is CCn1ccnc1CN(C)C(=O)CN1C[C@@H](Cc2ccccc2)CC1=O. The van der Waals surface area contributed by atoms with Crippen molar-refractivity contribution in [2.24, 2.45) is 5.92 Å². The van der Waals surface area contributed by atoms with Crippen molar-refractivity contribution in [3.8, 4) is 0 Å². The summed E-state index contributed by atoms with van der Waals surface area (Å²) in [6.07, 6.45) is 5.05. The van der Waals surface area contributed by atoms with Gasteiger partial charge in [-0.25, -0.2) is 4.98 Å². The van der Waals surface area contributed by atoms with Crippen LogP contribution < -0.4 is 0 Å². The van der Waals surface area contributed by atoms with E-state index in [2.05, 4.69) is 17.1 Å². The van der Waals surface area contributed by atoms with Crippen LogP contribution in [0.2, 0.25) is 0 Å². The summed E-state index contributed by atoms with van der Waals surface area (Å²) in [4.78, 5) is 32.5. The first-order valence-electron chi connectivity index (χ1n) is 9.12. The van der Waals surface area contributed by atoms with Gasteiger partial charge < -0.3 is 14.4 Å². The number of rotatable bonds is 7. The summed E-state index contributed by atoms with van der Waals surface area (Å²) in [5.74, 6) is 1.16. The van der Waals surface area contributed by atoms with Crippen LogP contribution in [-0.2, 0) is 29.1 Å². The van der Waals surface area contributed by atoms with E-state index in [1.807, 2.05) is 35.9 Å². The normalized spacial score (nSPS) is 16.9. The molecule has 6 heteroatoms. The molecule has 0 unspecified atom stereocenters. The molecule has 1 aromatic heterocycles. The number of imidazole rings is 1. The molecule has 26 heavy (non-hydrogen) atoms. The second-order valence-corrected chi connectivity index (χ2v) is 6.91. The van der Waals surface area contributed by atoms with Gasteiger partial charge in [-0.1, -0.05) is 30.3 Å². The monoisotopic (exact) mass is 354 g/mol. The number of hydrogen-bond donors (Lipinski definition) is 0. The van der Waals surface area contributed by atoms with Crippen molar-refractivity contribution >= 4 is 11.8 Å². The zero-order chi connectivity index (χ0) is 18.5. The van der Waals surface area contributed by atoms with Crippen molar-refractivity contribution in [3.05, 3.63) is 54.1 Å². The van der Waals surface area contributed by atoms with Crippen LogP contribution in [0.1, 0.15) is 24.7 Å². The quantitative estimate of drug-likeness (QED) is 0.764. The number of likely N-dealkylation sites (N-methyl/N-ethyl adjacent to an activating group) is 1. The van der Waals surface area contributed by atoms with Crippen molar-refractivity contribution in [3.63, 3.8) is 0 Å². The van der Waals surface area contributed by atoms with Crippen LogP contribution in [0.4, 0.5) is 0 Å². The summed E-state index contributed by atoms with van der Waals surface area (Å²) >= 11 is 0. The lowest BCUT2D eigenvalue weighted by molar-refractivity contribution is -0.137. The lowest BCUT2D eigenvalue weighted by Crippen LogP contribution is -2.39. The Bertz CT molecular complexity index is 756. The van der Waals surface area contributed by atoms with Gasteiger partial charge in [-0.05, 0) is 24.8 Å². The van der Waals surface area contributed by atoms with Crippen molar-refractivity contribution in [1.29, 1.82) is 0 Å². The fraction of sp³-hybridized carbons (Fsp3) is 0.450. The smallest absolute Gasteiger partial charge is 0.242 e. The molecule has 2 aromatic rings. The first-order valence-corrected chi connectivity index (χ1v) is 9.12. The molecule has 1 aliphatic heterocycles. The number of aromatic nitrogens is 2. The summed E-state index contributed by atoms with van der Waals surface area (Å²) in [5, 5.41) is 0. The van der Waals surface area contributed by atoms with Crippen LogP contribution in [0, 0.1) is 5.92 Å². The summed E-state index contributed by atoms with van der Waals surface area (Å²) in [6, 6.07) is 10.2. The van der Waals surface area contributed by atoms with E-state index in [1.165, 1.54) is 5.56 Å². The third-order valence-corrected chi connectivity index (χ3v) is 4.93. The molecule has 0 radical (unpaired) electrons. The topological polar surface area (TPSA) is 58.4 Å². The maximum absolute atomic E-state index is 12.5. The van der Waals surface area contributed by atoms with Gasteiger partial charge in [-0.2, -0.15) is 0 Å². The highest BCUT2D eigenvalue weighted by atomic mass is 16.2. The van der Waals surface area contributed by atoms with Crippen molar-refractivity contribution < 1.29 is 9.59 Å². The molecule has 0 aliphatic carbocycles. The highest BCUT2D eigenvalue weighted by Gasteiger charge is 2.31. The fourth-order valence-corrected chi connectivity index (χ4v) is 3.45. The standard InChI is InChI=1S/C20H26N4O2/c1-3-23-10-9-21-18(23)14-22(2)20(26)15-24-13-17(12-19(24)25)11-16-7-5-4-6-8-16/h4-10,17H,3,11-15H2,1-2H3/t17-/m0/s1. The Morgan fingerprint density at radius 1 is 1.31 bits per heavy atom. The minimum atomic E-state index is -0.0515. The Hall–Kier alpha value is -2.63. The largest absolute Gasteiger partial charge is 0.337 e. The number of benzene rings is 1. The third kappa shape index (κ3) is 4.31. The molecule has 2 heterocycles. The van der Waals surface area contributed by atoms with Gasteiger partial charge in [0.25, 0.3) is 0 Å². The van der Waals surface area contributed by atoms with Gasteiger partial charge in [-0.15, -0.1) is 0 Å². The molecular weight excluding hydrogens is 328 g/mol. The number of hydrogen-bond acceptors (Lipinski definition) is 3. The van der Waals surface area contributed by atoms with Crippen molar-refractivity contribution in [2.75, 3.05) is 20.1 Å². The lowest BCUT2D eigenvalue weighted by atomic mass is 9.99. The maximum Gasteiger partial charge on any atom is 0.242 e. The van der Waals surface area contributed by atoms with Crippen LogP contribution in [0.25, 0.3) is 0 Å². The number of carbonyl (C=O) groups excluding carboxylic acids is 2. The molecule has 0 bridgehead atoms. The van der Waals surface area contributed by atoms with E-state index in [0.717, 1.165) is 18.8 Å². The fourth-order valence-electron chi connectivity index (χ4n) is 3.45. The number of likely N-dealkylation sites (tertiary alicyclic amines) is 1. The average molecular weight is 354 g/mol. The van der Waals surface area contributed by atoms with Crippen molar-refractivity contribution in [1.82, 2.24) is 19.4 Å². The summed E-state index contributed by atoms with van der Waals surface area (Å²) in [7, 11) is 1.76. The Morgan fingerprint density at radius 2 is 2.08 bits per heavy atom. The summed E-state index contributed by atoms with van der Waals surface area (Å²) < 4.78 is 2.01. The Kier molecular flexibility index (Phi) is 5.71. The molecule has 3 rings (SSSR count). The molecule has 0 N–H and O–H groups in total. The van der Waals surface area contributed by atoms with Gasteiger partial charge in [-0.3, -0.25) is 9.59 Å². The highest BCUT2D eigenvalue weighted by Crippen LogP contribution is 2.22. The molecule has 6 nitrogen and oxygen atoms in total. The summed E-state index contributed by atoms with van der Waals surface area (Å²) in [6.45, 7) is 4.12. The van der Waals surface area contributed by atoms with Gasteiger partial charge in [0.05, 0.1) is 13.1 Å². The van der Waals surface area contributed by atoms with Crippen LogP contribution in [0.15, 0.2) is 42.7 Å².